The van der Waals surface area contributed by atoms with Crippen LogP contribution >= 0.6 is 0 Å². The lowest BCUT2D eigenvalue weighted by Gasteiger charge is -2.26. The molecular weight excluding hydrogens is 260 g/mol. The normalized spacial score (nSPS) is 15.8. The van der Waals surface area contributed by atoms with E-state index in [4.69, 9.17) is 14.6 Å². The molecule has 20 heavy (non-hydrogen) atoms. The van der Waals surface area contributed by atoms with Gasteiger partial charge in [0.15, 0.2) is 0 Å². The Hall–Kier alpha value is -1.79. The Morgan fingerprint density at radius 2 is 2.20 bits per heavy atom. The van der Waals surface area contributed by atoms with E-state index in [2.05, 4.69) is 10.2 Å². The summed E-state index contributed by atoms with van der Waals surface area (Å²) in [5.41, 5.74) is 0.845. The zero-order chi connectivity index (χ0) is 14.4. The van der Waals surface area contributed by atoms with Crippen LogP contribution in [-0.4, -0.2) is 62.5 Å². The number of morpholine rings is 1. The second kappa shape index (κ2) is 7.12. The highest BCUT2D eigenvalue weighted by atomic mass is 16.5. The van der Waals surface area contributed by atoms with Gasteiger partial charge in [-0.25, -0.2) is 4.79 Å². The number of carboxylic acids is 1. The van der Waals surface area contributed by atoms with E-state index in [9.17, 15) is 4.79 Å². The van der Waals surface area contributed by atoms with Gasteiger partial charge in [-0.2, -0.15) is 0 Å². The van der Waals surface area contributed by atoms with Crippen LogP contribution in [0.2, 0.25) is 0 Å². The highest BCUT2D eigenvalue weighted by Crippen LogP contribution is 2.22. The predicted octanol–water partition coefficient (Wildman–Crippen LogP) is 1.14. The minimum atomic E-state index is -0.943. The fourth-order valence-electron chi connectivity index (χ4n) is 2.16. The van der Waals surface area contributed by atoms with Gasteiger partial charge in [0.25, 0.3) is 0 Å². The van der Waals surface area contributed by atoms with Crippen molar-refractivity contribution < 1.29 is 19.4 Å². The fraction of sp³-hybridized carbons (Fsp3) is 0.500. The third kappa shape index (κ3) is 3.85. The molecule has 0 saturated carbocycles. The molecule has 0 unspecified atom stereocenters. The van der Waals surface area contributed by atoms with Crippen LogP contribution in [0.5, 0.6) is 5.75 Å². The van der Waals surface area contributed by atoms with Gasteiger partial charge in [-0.1, -0.05) is 0 Å². The quantitative estimate of drug-likeness (QED) is 0.814. The highest BCUT2D eigenvalue weighted by Gasteiger charge is 2.12. The van der Waals surface area contributed by atoms with E-state index < -0.39 is 5.97 Å². The molecule has 110 valence electrons. The van der Waals surface area contributed by atoms with Gasteiger partial charge >= 0.3 is 5.97 Å². The summed E-state index contributed by atoms with van der Waals surface area (Å²) in [6.45, 7) is 4.92. The molecule has 0 spiro atoms. The van der Waals surface area contributed by atoms with Crippen molar-refractivity contribution in [2.75, 3.05) is 51.8 Å². The van der Waals surface area contributed by atoms with E-state index in [0.717, 1.165) is 32.8 Å². The Kier molecular flexibility index (Phi) is 5.20. The molecule has 6 nitrogen and oxygen atoms in total. The summed E-state index contributed by atoms with van der Waals surface area (Å²) in [7, 11) is 1.56. The number of rotatable bonds is 6. The molecule has 6 heteroatoms. The number of methoxy groups -OCH3 is 1. The first-order chi connectivity index (χ1) is 9.70. The summed E-state index contributed by atoms with van der Waals surface area (Å²) in [5.74, 6) is -0.301. The van der Waals surface area contributed by atoms with Gasteiger partial charge in [0.05, 0.1) is 31.6 Å². The van der Waals surface area contributed by atoms with E-state index in [1.54, 1.807) is 25.3 Å². The maximum Gasteiger partial charge on any atom is 0.337 e. The zero-order valence-corrected chi connectivity index (χ0v) is 11.6. The Labute approximate surface area is 118 Å². The van der Waals surface area contributed by atoms with Crippen LogP contribution in [0, 0.1) is 0 Å². The smallest absolute Gasteiger partial charge is 0.337 e. The highest BCUT2D eigenvalue weighted by molar-refractivity contribution is 5.94. The molecule has 1 heterocycles. The summed E-state index contributed by atoms with van der Waals surface area (Å²) in [6, 6.07) is 4.91. The molecule has 1 aromatic rings. The van der Waals surface area contributed by atoms with E-state index in [-0.39, 0.29) is 5.56 Å². The van der Waals surface area contributed by atoms with Gasteiger partial charge < -0.3 is 19.9 Å². The van der Waals surface area contributed by atoms with Crippen molar-refractivity contribution in [2.24, 2.45) is 0 Å². The monoisotopic (exact) mass is 280 g/mol. The second-order valence-electron chi connectivity index (χ2n) is 4.60. The number of carboxylic acid groups (broad SMARTS) is 1. The van der Waals surface area contributed by atoms with E-state index in [0.29, 0.717) is 18.0 Å². The standard InChI is InChI=1S/C14H20N2O4/c1-19-11-2-3-12(14(17)18)13(10-11)15-4-5-16-6-8-20-9-7-16/h2-3,10,15H,4-9H2,1H3,(H,17,18). The van der Waals surface area contributed by atoms with Gasteiger partial charge in [-0.15, -0.1) is 0 Å². The van der Waals surface area contributed by atoms with Crippen LogP contribution in [0.3, 0.4) is 0 Å². The lowest BCUT2D eigenvalue weighted by Crippen LogP contribution is -2.39. The average Bonchev–Trinajstić information content (AvgIpc) is 2.48. The van der Waals surface area contributed by atoms with Gasteiger partial charge in [0, 0.05) is 32.2 Å². The molecule has 0 aliphatic carbocycles. The Morgan fingerprint density at radius 3 is 2.85 bits per heavy atom. The molecule has 0 radical (unpaired) electrons. The van der Waals surface area contributed by atoms with Crippen molar-refractivity contribution in [3.05, 3.63) is 23.8 Å². The maximum absolute atomic E-state index is 11.2. The van der Waals surface area contributed by atoms with Crippen molar-refractivity contribution in [3.8, 4) is 5.75 Å². The molecule has 1 saturated heterocycles. The summed E-state index contributed by atoms with van der Waals surface area (Å²) in [5, 5.41) is 12.3. The molecule has 1 fully saturated rings. The van der Waals surface area contributed by atoms with E-state index in [1.165, 1.54) is 0 Å². The number of hydrogen-bond donors (Lipinski definition) is 2. The molecular formula is C14H20N2O4. The van der Waals surface area contributed by atoms with Crippen molar-refractivity contribution in [1.82, 2.24) is 4.90 Å². The SMILES string of the molecule is COc1ccc(C(=O)O)c(NCCN2CCOCC2)c1. The third-order valence-electron chi connectivity index (χ3n) is 3.30. The van der Waals surface area contributed by atoms with Crippen molar-refractivity contribution >= 4 is 11.7 Å². The Morgan fingerprint density at radius 1 is 1.45 bits per heavy atom. The summed E-state index contributed by atoms with van der Waals surface area (Å²) < 4.78 is 10.4. The first kappa shape index (κ1) is 14.6. The van der Waals surface area contributed by atoms with Gasteiger partial charge in [0.2, 0.25) is 0 Å². The molecule has 2 rings (SSSR count). The molecule has 0 bridgehead atoms. The lowest BCUT2D eigenvalue weighted by molar-refractivity contribution is 0.0398. The first-order valence-electron chi connectivity index (χ1n) is 6.66. The average molecular weight is 280 g/mol. The molecule has 0 amide bonds. The number of anilines is 1. The van der Waals surface area contributed by atoms with Crippen LogP contribution in [0.25, 0.3) is 0 Å². The molecule has 2 N–H and O–H groups in total. The molecule has 1 aliphatic heterocycles. The van der Waals surface area contributed by atoms with E-state index >= 15 is 0 Å². The van der Waals surface area contributed by atoms with Crippen molar-refractivity contribution in [2.45, 2.75) is 0 Å². The second-order valence-corrected chi connectivity index (χ2v) is 4.60. The number of hydrogen-bond acceptors (Lipinski definition) is 5. The Bertz CT molecular complexity index is 458. The lowest BCUT2D eigenvalue weighted by atomic mass is 10.1. The minimum Gasteiger partial charge on any atom is -0.497 e. The van der Waals surface area contributed by atoms with Gasteiger partial charge in [-0.05, 0) is 12.1 Å². The van der Waals surface area contributed by atoms with Crippen LogP contribution in [0.1, 0.15) is 10.4 Å². The Balaban J connectivity index is 1.94. The number of nitrogens with one attached hydrogen (secondary N) is 1. The number of carbonyl (C=O) groups is 1. The van der Waals surface area contributed by atoms with Crippen molar-refractivity contribution in [1.29, 1.82) is 0 Å². The molecule has 1 aliphatic rings. The third-order valence-corrected chi connectivity index (χ3v) is 3.30. The van der Waals surface area contributed by atoms with Gasteiger partial charge in [0.1, 0.15) is 5.75 Å². The van der Waals surface area contributed by atoms with Crippen LogP contribution in [0.4, 0.5) is 5.69 Å². The number of ether oxygens (including phenoxy) is 2. The van der Waals surface area contributed by atoms with Crippen LogP contribution in [0.15, 0.2) is 18.2 Å². The largest absolute Gasteiger partial charge is 0.497 e. The molecule has 0 atom stereocenters. The number of aromatic carboxylic acids is 1. The number of benzene rings is 1. The van der Waals surface area contributed by atoms with Crippen LogP contribution in [-0.2, 0) is 4.74 Å². The number of nitrogens with zero attached hydrogens (tertiary/aromatic N) is 1. The minimum absolute atomic E-state index is 0.257. The predicted molar refractivity (Wildman–Crippen MR) is 75.7 cm³/mol. The van der Waals surface area contributed by atoms with Crippen LogP contribution < -0.4 is 10.1 Å². The first-order valence-corrected chi connectivity index (χ1v) is 6.66. The van der Waals surface area contributed by atoms with E-state index in [1.807, 2.05) is 0 Å². The summed E-state index contributed by atoms with van der Waals surface area (Å²) in [6.07, 6.45) is 0. The van der Waals surface area contributed by atoms with Gasteiger partial charge in [-0.3, -0.25) is 4.90 Å². The molecule has 0 aromatic heterocycles. The summed E-state index contributed by atoms with van der Waals surface area (Å²) >= 11 is 0. The zero-order valence-electron chi connectivity index (χ0n) is 11.6. The maximum atomic E-state index is 11.2. The molecule has 1 aromatic carbocycles. The van der Waals surface area contributed by atoms with Crippen molar-refractivity contribution in [3.63, 3.8) is 0 Å². The summed E-state index contributed by atoms with van der Waals surface area (Å²) in [4.78, 5) is 13.5. The topological polar surface area (TPSA) is 71.0 Å². The fourth-order valence-corrected chi connectivity index (χ4v) is 2.16.